The van der Waals surface area contributed by atoms with E-state index in [2.05, 4.69) is 6.07 Å². The zero-order chi connectivity index (χ0) is 16.4. The van der Waals surface area contributed by atoms with Gasteiger partial charge < -0.3 is 0 Å². The molecule has 7 heteroatoms. The monoisotopic (exact) mass is 357 g/mol. The lowest BCUT2D eigenvalue weighted by molar-refractivity contribution is 0.321. The van der Waals surface area contributed by atoms with E-state index in [-0.39, 0.29) is 11.3 Å². The highest BCUT2D eigenvalue weighted by Crippen LogP contribution is 2.32. The van der Waals surface area contributed by atoms with E-state index in [0.717, 1.165) is 31.0 Å². The molecule has 0 atom stereocenters. The standard InChI is InChI=1S/C16H17F2NO2S2/c17-14-8-12(9-15(18)10-14)11-23(20,21)19-5-3-13(4-6-19)16-2-1-7-22-16/h1-2,7-10,13H,3-6,11H2. The predicted octanol–water partition coefficient (Wildman–Crippen LogP) is 3.74. The molecule has 0 bridgehead atoms. The number of rotatable bonds is 4. The molecule has 0 saturated carbocycles. The van der Waals surface area contributed by atoms with E-state index < -0.39 is 21.7 Å². The van der Waals surface area contributed by atoms with E-state index in [1.807, 2.05) is 11.4 Å². The van der Waals surface area contributed by atoms with Crippen LogP contribution in [0.1, 0.15) is 29.2 Å². The highest BCUT2D eigenvalue weighted by atomic mass is 32.2. The normalized spacial score (nSPS) is 17.5. The average molecular weight is 357 g/mol. The fourth-order valence-electron chi connectivity index (χ4n) is 2.94. The largest absolute Gasteiger partial charge is 0.218 e. The van der Waals surface area contributed by atoms with Crippen LogP contribution < -0.4 is 0 Å². The number of benzene rings is 1. The molecule has 1 fully saturated rings. The molecule has 0 N–H and O–H groups in total. The van der Waals surface area contributed by atoms with Gasteiger partial charge >= 0.3 is 0 Å². The van der Waals surface area contributed by atoms with Crippen molar-refractivity contribution in [2.75, 3.05) is 13.1 Å². The highest BCUT2D eigenvalue weighted by Gasteiger charge is 2.29. The van der Waals surface area contributed by atoms with Gasteiger partial charge in [-0.05, 0) is 47.9 Å². The Kier molecular flexibility index (Phi) is 4.79. The Morgan fingerprint density at radius 2 is 1.78 bits per heavy atom. The van der Waals surface area contributed by atoms with Crippen molar-refractivity contribution in [3.8, 4) is 0 Å². The second-order valence-electron chi connectivity index (χ2n) is 5.72. The van der Waals surface area contributed by atoms with Crippen LogP contribution in [0.3, 0.4) is 0 Å². The molecule has 1 aromatic heterocycles. The molecule has 1 aromatic carbocycles. The van der Waals surface area contributed by atoms with Crippen molar-refractivity contribution < 1.29 is 17.2 Å². The average Bonchev–Trinajstić information content (AvgIpc) is 3.00. The van der Waals surface area contributed by atoms with E-state index in [0.29, 0.717) is 19.0 Å². The number of halogens is 2. The van der Waals surface area contributed by atoms with Gasteiger partial charge in [-0.15, -0.1) is 11.3 Å². The summed E-state index contributed by atoms with van der Waals surface area (Å²) < 4.78 is 52.8. The third kappa shape index (κ3) is 3.97. The molecule has 23 heavy (non-hydrogen) atoms. The van der Waals surface area contributed by atoms with Crippen LogP contribution in [0.4, 0.5) is 8.78 Å². The van der Waals surface area contributed by atoms with Crippen molar-refractivity contribution in [3.63, 3.8) is 0 Å². The molecule has 1 saturated heterocycles. The van der Waals surface area contributed by atoms with Crippen LogP contribution in [-0.2, 0) is 15.8 Å². The van der Waals surface area contributed by atoms with Crippen LogP contribution >= 0.6 is 11.3 Å². The first-order valence-electron chi connectivity index (χ1n) is 7.40. The molecule has 2 heterocycles. The summed E-state index contributed by atoms with van der Waals surface area (Å²) in [6.07, 6.45) is 1.55. The molecular formula is C16H17F2NO2S2. The maximum atomic E-state index is 13.2. The molecule has 1 aliphatic heterocycles. The van der Waals surface area contributed by atoms with Gasteiger partial charge in [0.1, 0.15) is 11.6 Å². The predicted molar refractivity (Wildman–Crippen MR) is 86.8 cm³/mol. The molecule has 1 aliphatic rings. The number of thiophene rings is 1. The summed E-state index contributed by atoms with van der Waals surface area (Å²) in [5, 5.41) is 2.02. The summed E-state index contributed by atoms with van der Waals surface area (Å²) in [6.45, 7) is 0.894. The van der Waals surface area contributed by atoms with Gasteiger partial charge in [0, 0.05) is 24.0 Å². The number of hydrogen-bond acceptors (Lipinski definition) is 3. The molecule has 0 aliphatic carbocycles. The summed E-state index contributed by atoms with van der Waals surface area (Å²) in [7, 11) is -3.56. The van der Waals surface area contributed by atoms with Gasteiger partial charge in [0.25, 0.3) is 0 Å². The third-order valence-corrected chi connectivity index (χ3v) is 6.95. The lowest BCUT2D eigenvalue weighted by Crippen LogP contribution is -2.38. The van der Waals surface area contributed by atoms with Crippen molar-refractivity contribution in [1.82, 2.24) is 4.31 Å². The first-order valence-corrected chi connectivity index (χ1v) is 9.89. The van der Waals surface area contributed by atoms with Gasteiger partial charge in [-0.25, -0.2) is 21.5 Å². The SMILES string of the molecule is O=S(=O)(Cc1cc(F)cc(F)c1)N1CCC(c2cccs2)CC1. The summed E-state index contributed by atoms with van der Waals surface area (Å²) in [5.74, 6) is -1.49. The summed E-state index contributed by atoms with van der Waals surface area (Å²) in [4.78, 5) is 1.29. The zero-order valence-electron chi connectivity index (χ0n) is 12.4. The lowest BCUT2D eigenvalue weighted by Gasteiger charge is -2.30. The van der Waals surface area contributed by atoms with Gasteiger partial charge in [-0.2, -0.15) is 0 Å². The molecule has 0 radical (unpaired) electrons. The van der Waals surface area contributed by atoms with Crippen molar-refractivity contribution >= 4 is 21.4 Å². The Morgan fingerprint density at radius 3 is 2.35 bits per heavy atom. The van der Waals surface area contributed by atoms with Crippen molar-refractivity contribution in [2.24, 2.45) is 0 Å². The summed E-state index contributed by atoms with van der Waals surface area (Å²) in [5.41, 5.74) is 0.142. The Labute approximate surface area is 138 Å². The number of hydrogen-bond donors (Lipinski definition) is 0. The minimum Gasteiger partial charge on any atom is -0.212 e. The van der Waals surface area contributed by atoms with Gasteiger partial charge in [-0.3, -0.25) is 0 Å². The van der Waals surface area contributed by atoms with Crippen LogP contribution in [0, 0.1) is 11.6 Å². The fourth-order valence-corrected chi connectivity index (χ4v) is 5.38. The summed E-state index contributed by atoms with van der Waals surface area (Å²) in [6, 6.07) is 6.96. The molecule has 3 nitrogen and oxygen atoms in total. The summed E-state index contributed by atoms with van der Waals surface area (Å²) >= 11 is 1.69. The Bertz CT molecular complexity index is 747. The molecule has 2 aromatic rings. The topological polar surface area (TPSA) is 37.4 Å². The maximum Gasteiger partial charge on any atom is 0.218 e. The first-order chi connectivity index (χ1) is 10.9. The van der Waals surface area contributed by atoms with Crippen LogP contribution in [0.25, 0.3) is 0 Å². The second kappa shape index (κ2) is 6.67. The quantitative estimate of drug-likeness (QED) is 0.836. The molecule has 0 spiro atoms. The van der Waals surface area contributed by atoms with E-state index in [9.17, 15) is 17.2 Å². The zero-order valence-corrected chi connectivity index (χ0v) is 14.0. The third-order valence-electron chi connectivity index (χ3n) is 4.06. The van der Waals surface area contributed by atoms with Crippen molar-refractivity contribution in [1.29, 1.82) is 0 Å². The van der Waals surface area contributed by atoms with Crippen LogP contribution in [0.2, 0.25) is 0 Å². The number of sulfonamides is 1. The Hall–Kier alpha value is -1.31. The molecule has 124 valence electrons. The Morgan fingerprint density at radius 1 is 1.13 bits per heavy atom. The Balaban J connectivity index is 1.67. The smallest absolute Gasteiger partial charge is 0.212 e. The van der Waals surface area contributed by atoms with E-state index in [1.165, 1.54) is 9.18 Å². The van der Waals surface area contributed by atoms with E-state index in [4.69, 9.17) is 0 Å². The van der Waals surface area contributed by atoms with Gasteiger partial charge in [-0.1, -0.05) is 6.07 Å². The van der Waals surface area contributed by atoms with Crippen LogP contribution in [0.15, 0.2) is 35.7 Å². The van der Waals surface area contributed by atoms with Crippen LogP contribution in [-0.4, -0.2) is 25.8 Å². The molecule has 3 rings (SSSR count). The van der Waals surface area contributed by atoms with E-state index in [1.54, 1.807) is 11.3 Å². The fraction of sp³-hybridized carbons (Fsp3) is 0.375. The molecular weight excluding hydrogens is 340 g/mol. The lowest BCUT2D eigenvalue weighted by atomic mass is 9.97. The molecule has 0 amide bonds. The van der Waals surface area contributed by atoms with Crippen molar-refractivity contribution in [2.45, 2.75) is 24.5 Å². The highest BCUT2D eigenvalue weighted by molar-refractivity contribution is 7.88. The number of nitrogens with zero attached hydrogens (tertiary/aromatic N) is 1. The van der Waals surface area contributed by atoms with Gasteiger partial charge in [0.15, 0.2) is 0 Å². The van der Waals surface area contributed by atoms with Gasteiger partial charge in [0.05, 0.1) is 5.75 Å². The minimum atomic E-state index is -3.56. The van der Waals surface area contributed by atoms with E-state index >= 15 is 0 Å². The first kappa shape index (κ1) is 16.5. The minimum absolute atomic E-state index is 0.142. The van der Waals surface area contributed by atoms with Gasteiger partial charge in [0.2, 0.25) is 10.0 Å². The van der Waals surface area contributed by atoms with Crippen molar-refractivity contribution in [3.05, 3.63) is 57.8 Å². The van der Waals surface area contributed by atoms with Crippen LogP contribution in [0.5, 0.6) is 0 Å². The maximum absolute atomic E-state index is 13.2. The number of piperidine rings is 1. The second-order valence-corrected chi connectivity index (χ2v) is 8.67. The molecule has 0 unspecified atom stereocenters.